The summed E-state index contributed by atoms with van der Waals surface area (Å²) in [5, 5.41) is 8.72. The molecule has 0 aliphatic carbocycles. The van der Waals surface area contributed by atoms with E-state index in [2.05, 4.69) is 58.6 Å². The molecule has 0 saturated carbocycles. The van der Waals surface area contributed by atoms with Crippen molar-refractivity contribution in [3.8, 4) is 0 Å². The van der Waals surface area contributed by atoms with E-state index in [0.717, 1.165) is 17.9 Å². The van der Waals surface area contributed by atoms with Crippen LogP contribution in [0.2, 0.25) is 0 Å². The van der Waals surface area contributed by atoms with Crippen LogP contribution in [0.3, 0.4) is 0 Å². The van der Waals surface area contributed by atoms with Gasteiger partial charge >= 0.3 is 0 Å². The first-order valence-electron chi connectivity index (χ1n) is 7.71. The second-order valence-electron chi connectivity index (χ2n) is 6.23. The molecule has 0 bridgehead atoms. The summed E-state index contributed by atoms with van der Waals surface area (Å²) in [6.45, 7) is 7.90. The molecule has 1 unspecified atom stereocenters. The Balaban J connectivity index is 1.84. The predicted octanol–water partition coefficient (Wildman–Crippen LogP) is 2.84. The SMILES string of the molecule is Cc1ccn2c(CC3CCCCN3C(C)C)nnc2c1. The van der Waals surface area contributed by atoms with Crippen LogP contribution in [-0.4, -0.2) is 38.1 Å². The fraction of sp³-hybridized carbons (Fsp3) is 0.625. The quantitative estimate of drug-likeness (QED) is 0.861. The first-order valence-corrected chi connectivity index (χ1v) is 7.71. The van der Waals surface area contributed by atoms with E-state index in [9.17, 15) is 0 Å². The van der Waals surface area contributed by atoms with Gasteiger partial charge in [-0.05, 0) is 57.9 Å². The van der Waals surface area contributed by atoms with Crippen LogP contribution < -0.4 is 0 Å². The number of rotatable bonds is 3. The van der Waals surface area contributed by atoms with Crippen molar-refractivity contribution in [1.82, 2.24) is 19.5 Å². The Hall–Kier alpha value is -1.42. The molecule has 108 valence electrons. The molecule has 1 aliphatic rings. The standard InChI is InChI=1S/C16H24N4/c1-12(2)19-8-5-4-6-14(19)11-16-18-17-15-10-13(3)7-9-20(15)16/h7,9-10,12,14H,4-6,8,11H2,1-3H3. The lowest BCUT2D eigenvalue weighted by Gasteiger charge is -2.38. The normalized spacial score (nSPS) is 20.9. The monoisotopic (exact) mass is 272 g/mol. The third kappa shape index (κ3) is 2.57. The minimum absolute atomic E-state index is 0.609. The van der Waals surface area contributed by atoms with Gasteiger partial charge in [-0.15, -0.1) is 10.2 Å². The minimum atomic E-state index is 0.609. The molecule has 2 aromatic rings. The molecule has 0 spiro atoms. The Morgan fingerprint density at radius 2 is 2.15 bits per heavy atom. The lowest BCUT2D eigenvalue weighted by Crippen LogP contribution is -2.45. The van der Waals surface area contributed by atoms with E-state index in [0.29, 0.717) is 12.1 Å². The van der Waals surface area contributed by atoms with Gasteiger partial charge < -0.3 is 0 Å². The van der Waals surface area contributed by atoms with E-state index in [1.165, 1.54) is 31.4 Å². The van der Waals surface area contributed by atoms with Crippen LogP contribution >= 0.6 is 0 Å². The number of pyridine rings is 1. The van der Waals surface area contributed by atoms with Crippen LogP contribution in [-0.2, 0) is 6.42 Å². The maximum absolute atomic E-state index is 4.41. The summed E-state index contributed by atoms with van der Waals surface area (Å²) in [4.78, 5) is 2.62. The topological polar surface area (TPSA) is 33.4 Å². The zero-order chi connectivity index (χ0) is 14.1. The highest BCUT2D eigenvalue weighted by molar-refractivity contribution is 5.40. The molecule has 0 N–H and O–H groups in total. The average Bonchev–Trinajstić information content (AvgIpc) is 2.81. The van der Waals surface area contributed by atoms with Crippen LogP contribution in [0.4, 0.5) is 0 Å². The fourth-order valence-electron chi connectivity index (χ4n) is 3.31. The van der Waals surface area contributed by atoms with Gasteiger partial charge in [0, 0.05) is 24.7 Å². The molecule has 0 radical (unpaired) electrons. The summed E-state index contributed by atoms with van der Waals surface area (Å²) in [6, 6.07) is 5.44. The smallest absolute Gasteiger partial charge is 0.161 e. The van der Waals surface area contributed by atoms with Crippen LogP contribution in [0.5, 0.6) is 0 Å². The Morgan fingerprint density at radius 1 is 1.30 bits per heavy atom. The van der Waals surface area contributed by atoms with Crippen molar-refractivity contribution in [2.75, 3.05) is 6.54 Å². The van der Waals surface area contributed by atoms with Gasteiger partial charge in [-0.25, -0.2) is 0 Å². The largest absolute Gasteiger partial charge is 0.298 e. The number of nitrogens with zero attached hydrogens (tertiary/aromatic N) is 4. The van der Waals surface area contributed by atoms with E-state index in [-0.39, 0.29) is 0 Å². The first kappa shape index (κ1) is 13.6. The summed E-state index contributed by atoms with van der Waals surface area (Å²) < 4.78 is 2.14. The molecule has 3 rings (SSSR count). The van der Waals surface area contributed by atoms with E-state index in [1.54, 1.807) is 0 Å². The van der Waals surface area contributed by atoms with Gasteiger partial charge in [-0.2, -0.15) is 0 Å². The van der Waals surface area contributed by atoms with Crippen molar-refractivity contribution in [3.63, 3.8) is 0 Å². The van der Waals surface area contributed by atoms with Gasteiger partial charge in [0.1, 0.15) is 5.82 Å². The zero-order valence-corrected chi connectivity index (χ0v) is 12.7. The maximum atomic E-state index is 4.41. The Morgan fingerprint density at radius 3 is 2.95 bits per heavy atom. The van der Waals surface area contributed by atoms with Crippen LogP contribution in [0, 0.1) is 6.92 Å². The number of likely N-dealkylation sites (tertiary alicyclic amines) is 1. The highest BCUT2D eigenvalue weighted by atomic mass is 15.3. The summed E-state index contributed by atoms with van der Waals surface area (Å²) in [5.41, 5.74) is 2.20. The van der Waals surface area contributed by atoms with E-state index in [1.807, 2.05) is 0 Å². The number of aryl methyl sites for hydroxylation is 1. The lowest BCUT2D eigenvalue weighted by atomic mass is 9.97. The van der Waals surface area contributed by atoms with Crippen LogP contribution in [0.1, 0.15) is 44.5 Å². The fourth-order valence-corrected chi connectivity index (χ4v) is 3.31. The third-order valence-corrected chi connectivity index (χ3v) is 4.39. The van der Waals surface area contributed by atoms with E-state index >= 15 is 0 Å². The van der Waals surface area contributed by atoms with Crippen molar-refractivity contribution >= 4 is 5.65 Å². The molecule has 4 nitrogen and oxygen atoms in total. The van der Waals surface area contributed by atoms with Crippen LogP contribution in [0.25, 0.3) is 5.65 Å². The van der Waals surface area contributed by atoms with Gasteiger partial charge in [-0.1, -0.05) is 6.42 Å². The average molecular weight is 272 g/mol. The highest BCUT2D eigenvalue weighted by Gasteiger charge is 2.26. The number of hydrogen-bond acceptors (Lipinski definition) is 3. The maximum Gasteiger partial charge on any atom is 0.161 e. The number of aromatic nitrogens is 3. The molecule has 0 aromatic carbocycles. The third-order valence-electron chi connectivity index (χ3n) is 4.39. The Labute approximate surface area is 120 Å². The zero-order valence-electron chi connectivity index (χ0n) is 12.7. The highest BCUT2D eigenvalue weighted by Crippen LogP contribution is 2.22. The first-order chi connectivity index (χ1) is 9.65. The number of hydrogen-bond donors (Lipinski definition) is 0. The second kappa shape index (κ2) is 5.52. The van der Waals surface area contributed by atoms with Crippen molar-refractivity contribution in [2.45, 2.75) is 58.5 Å². The molecule has 0 amide bonds. The summed E-state index contributed by atoms with van der Waals surface area (Å²) in [5.74, 6) is 1.09. The second-order valence-corrected chi connectivity index (χ2v) is 6.23. The van der Waals surface area contributed by atoms with Gasteiger partial charge in [-0.3, -0.25) is 9.30 Å². The molecular weight excluding hydrogens is 248 g/mol. The molecule has 1 saturated heterocycles. The Kier molecular flexibility index (Phi) is 3.74. The van der Waals surface area contributed by atoms with Gasteiger partial charge in [0.15, 0.2) is 5.65 Å². The van der Waals surface area contributed by atoms with Crippen molar-refractivity contribution in [3.05, 3.63) is 29.7 Å². The summed E-state index contributed by atoms with van der Waals surface area (Å²) in [7, 11) is 0. The molecule has 3 heterocycles. The van der Waals surface area contributed by atoms with Gasteiger partial charge in [0.2, 0.25) is 0 Å². The van der Waals surface area contributed by atoms with Crippen molar-refractivity contribution in [1.29, 1.82) is 0 Å². The van der Waals surface area contributed by atoms with Crippen molar-refractivity contribution in [2.24, 2.45) is 0 Å². The van der Waals surface area contributed by atoms with Crippen LogP contribution in [0.15, 0.2) is 18.3 Å². The lowest BCUT2D eigenvalue weighted by molar-refractivity contribution is 0.110. The molecule has 1 aliphatic heterocycles. The van der Waals surface area contributed by atoms with Gasteiger partial charge in [0.25, 0.3) is 0 Å². The molecular formula is C16H24N4. The van der Waals surface area contributed by atoms with E-state index in [4.69, 9.17) is 0 Å². The molecule has 1 atom stereocenters. The number of piperidine rings is 1. The predicted molar refractivity (Wildman–Crippen MR) is 80.9 cm³/mol. The van der Waals surface area contributed by atoms with Gasteiger partial charge in [0.05, 0.1) is 0 Å². The summed E-state index contributed by atoms with van der Waals surface area (Å²) >= 11 is 0. The number of fused-ring (bicyclic) bond motifs is 1. The summed E-state index contributed by atoms with van der Waals surface area (Å²) in [6.07, 6.45) is 7.04. The molecule has 2 aromatic heterocycles. The molecule has 20 heavy (non-hydrogen) atoms. The van der Waals surface area contributed by atoms with E-state index < -0.39 is 0 Å². The molecule has 4 heteroatoms. The van der Waals surface area contributed by atoms with Crippen molar-refractivity contribution < 1.29 is 0 Å². The minimum Gasteiger partial charge on any atom is -0.298 e. The Bertz CT molecular complexity index is 587. The molecule has 1 fully saturated rings.